The summed E-state index contributed by atoms with van der Waals surface area (Å²) in [5.74, 6) is -0.211. The number of carbonyl (C=O) groups excluding carboxylic acids is 1. The maximum atomic E-state index is 11.5. The largest absolute Gasteiger partial charge is 0.327 e. The second-order valence-corrected chi connectivity index (χ2v) is 6.12. The minimum atomic E-state index is -0.211. The Morgan fingerprint density at radius 1 is 1.00 bits per heavy atom. The number of nitrogens with zero attached hydrogens (tertiary/aromatic N) is 1. The molecule has 2 aromatic rings. The standard InChI is InChI=1S/C17H11N3OS2/c18-9-11-1-3-12(4-2-11)13-5-7-14(8-6-13)23-10-15-16(21)20-17(22)19-15/h1-8,10H,(H2,19,20,21,22). The molecule has 1 aliphatic heterocycles. The summed E-state index contributed by atoms with van der Waals surface area (Å²) in [6.45, 7) is 0. The summed E-state index contributed by atoms with van der Waals surface area (Å²) in [4.78, 5) is 12.5. The summed E-state index contributed by atoms with van der Waals surface area (Å²) >= 11 is 6.33. The highest BCUT2D eigenvalue weighted by Gasteiger charge is 2.19. The fraction of sp³-hybridized carbons (Fsp3) is 0. The molecule has 23 heavy (non-hydrogen) atoms. The van der Waals surface area contributed by atoms with Gasteiger partial charge in [-0.1, -0.05) is 36.0 Å². The van der Waals surface area contributed by atoms with Crippen LogP contribution in [0.2, 0.25) is 0 Å². The molecule has 3 rings (SSSR count). The number of carbonyl (C=O) groups is 1. The van der Waals surface area contributed by atoms with E-state index in [2.05, 4.69) is 16.7 Å². The van der Waals surface area contributed by atoms with Gasteiger partial charge in [-0.05, 0) is 47.6 Å². The lowest BCUT2D eigenvalue weighted by Gasteiger charge is -2.03. The zero-order valence-electron chi connectivity index (χ0n) is 11.9. The van der Waals surface area contributed by atoms with E-state index in [1.807, 2.05) is 36.4 Å². The number of hydrogen-bond donors (Lipinski definition) is 2. The molecule has 0 atom stereocenters. The molecule has 0 spiro atoms. The monoisotopic (exact) mass is 337 g/mol. The van der Waals surface area contributed by atoms with Crippen molar-refractivity contribution < 1.29 is 4.79 Å². The van der Waals surface area contributed by atoms with E-state index in [0.717, 1.165) is 16.0 Å². The Hall–Kier alpha value is -2.62. The highest BCUT2D eigenvalue weighted by Crippen LogP contribution is 2.26. The highest BCUT2D eigenvalue weighted by molar-refractivity contribution is 8.02. The fourth-order valence-corrected chi connectivity index (χ4v) is 2.97. The maximum Gasteiger partial charge on any atom is 0.274 e. The minimum absolute atomic E-state index is 0.211. The molecule has 1 saturated heterocycles. The van der Waals surface area contributed by atoms with E-state index in [4.69, 9.17) is 17.5 Å². The Bertz CT molecular complexity index is 834. The molecule has 1 aliphatic rings. The molecule has 4 nitrogen and oxygen atoms in total. The topological polar surface area (TPSA) is 64.9 Å². The van der Waals surface area contributed by atoms with Crippen LogP contribution in [-0.2, 0) is 4.79 Å². The van der Waals surface area contributed by atoms with Crippen LogP contribution >= 0.6 is 24.0 Å². The number of benzene rings is 2. The Labute approximate surface area is 143 Å². The van der Waals surface area contributed by atoms with E-state index < -0.39 is 0 Å². The van der Waals surface area contributed by atoms with Crippen LogP contribution in [0.4, 0.5) is 0 Å². The van der Waals surface area contributed by atoms with Crippen LogP contribution in [0.1, 0.15) is 5.56 Å². The van der Waals surface area contributed by atoms with Gasteiger partial charge in [-0.15, -0.1) is 0 Å². The number of thiocarbonyl (C=S) groups is 1. The predicted octanol–water partition coefficient (Wildman–Crippen LogP) is 3.16. The van der Waals surface area contributed by atoms with Crippen molar-refractivity contribution in [3.8, 4) is 17.2 Å². The first kappa shape index (κ1) is 15.3. The van der Waals surface area contributed by atoms with E-state index in [0.29, 0.717) is 16.4 Å². The molecular weight excluding hydrogens is 326 g/mol. The van der Waals surface area contributed by atoms with Gasteiger partial charge in [-0.25, -0.2) is 0 Å². The number of rotatable bonds is 3. The molecule has 0 aromatic heterocycles. The van der Waals surface area contributed by atoms with Gasteiger partial charge in [-0.2, -0.15) is 5.26 Å². The van der Waals surface area contributed by atoms with Crippen molar-refractivity contribution in [3.05, 3.63) is 65.2 Å². The lowest BCUT2D eigenvalue weighted by molar-refractivity contribution is -0.115. The van der Waals surface area contributed by atoms with E-state index in [-0.39, 0.29) is 5.91 Å². The zero-order chi connectivity index (χ0) is 16.2. The van der Waals surface area contributed by atoms with Crippen molar-refractivity contribution in [2.45, 2.75) is 4.90 Å². The first-order chi connectivity index (χ1) is 11.2. The molecule has 0 radical (unpaired) electrons. The van der Waals surface area contributed by atoms with Gasteiger partial charge in [0.2, 0.25) is 0 Å². The third-order valence-corrected chi connectivity index (χ3v) is 4.34. The molecule has 2 aromatic carbocycles. The first-order valence-electron chi connectivity index (χ1n) is 6.75. The van der Waals surface area contributed by atoms with E-state index in [1.165, 1.54) is 11.8 Å². The highest BCUT2D eigenvalue weighted by atomic mass is 32.2. The van der Waals surface area contributed by atoms with E-state index >= 15 is 0 Å². The number of nitrogens with one attached hydrogen (secondary N) is 2. The van der Waals surface area contributed by atoms with E-state index in [1.54, 1.807) is 17.5 Å². The van der Waals surface area contributed by atoms with Gasteiger partial charge < -0.3 is 5.32 Å². The quantitative estimate of drug-likeness (QED) is 0.512. The Balaban J connectivity index is 1.72. The van der Waals surface area contributed by atoms with Gasteiger partial charge in [0.1, 0.15) is 5.70 Å². The normalized spacial score (nSPS) is 15.2. The van der Waals surface area contributed by atoms with Gasteiger partial charge in [0, 0.05) is 10.3 Å². The average Bonchev–Trinajstić information content (AvgIpc) is 2.91. The molecule has 1 amide bonds. The summed E-state index contributed by atoms with van der Waals surface area (Å²) in [5, 5.41) is 16.2. The molecule has 0 bridgehead atoms. The van der Waals surface area contributed by atoms with Crippen LogP contribution in [0, 0.1) is 11.3 Å². The second-order valence-electron chi connectivity index (χ2n) is 4.77. The zero-order valence-corrected chi connectivity index (χ0v) is 13.5. The summed E-state index contributed by atoms with van der Waals surface area (Å²) in [7, 11) is 0. The molecule has 1 fully saturated rings. The van der Waals surface area contributed by atoms with Crippen molar-refractivity contribution in [2.24, 2.45) is 0 Å². The Morgan fingerprint density at radius 2 is 1.61 bits per heavy atom. The molecular formula is C17H11N3OS2. The summed E-state index contributed by atoms with van der Waals surface area (Å²) in [5.41, 5.74) is 3.23. The SMILES string of the molecule is N#Cc1ccc(-c2ccc(SC=C3NC(=S)NC3=O)cc2)cc1. The number of hydrogen-bond acceptors (Lipinski definition) is 4. The number of thioether (sulfide) groups is 1. The van der Waals surface area contributed by atoms with Crippen LogP contribution in [0.3, 0.4) is 0 Å². The summed E-state index contributed by atoms with van der Waals surface area (Å²) in [6.07, 6.45) is 0. The Kier molecular flexibility index (Phi) is 4.42. The predicted molar refractivity (Wildman–Crippen MR) is 94.4 cm³/mol. The van der Waals surface area contributed by atoms with Gasteiger partial charge in [-0.3, -0.25) is 10.1 Å². The van der Waals surface area contributed by atoms with Crippen LogP contribution < -0.4 is 10.6 Å². The van der Waals surface area contributed by atoms with Crippen molar-refractivity contribution in [3.63, 3.8) is 0 Å². The lowest BCUT2D eigenvalue weighted by atomic mass is 10.0. The number of amides is 1. The molecule has 0 saturated carbocycles. The van der Waals surface area contributed by atoms with Crippen molar-refractivity contribution >= 4 is 35.0 Å². The smallest absolute Gasteiger partial charge is 0.274 e. The summed E-state index contributed by atoms with van der Waals surface area (Å²) < 4.78 is 0. The molecule has 112 valence electrons. The van der Waals surface area contributed by atoms with E-state index in [9.17, 15) is 4.79 Å². The van der Waals surface area contributed by atoms with Crippen LogP contribution in [0.25, 0.3) is 11.1 Å². The molecule has 0 aliphatic carbocycles. The minimum Gasteiger partial charge on any atom is -0.327 e. The fourth-order valence-electron chi connectivity index (χ4n) is 2.05. The lowest BCUT2D eigenvalue weighted by Crippen LogP contribution is -2.21. The van der Waals surface area contributed by atoms with Gasteiger partial charge >= 0.3 is 0 Å². The van der Waals surface area contributed by atoms with Crippen molar-refractivity contribution in [1.82, 2.24) is 10.6 Å². The number of nitriles is 1. The van der Waals surface area contributed by atoms with Gasteiger partial charge in [0.25, 0.3) is 5.91 Å². The molecule has 6 heteroatoms. The molecule has 0 unspecified atom stereocenters. The molecule has 2 N–H and O–H groups in total. The van der Waals surface area contributed by atoms with Crippen LogP contribution in [-0.4, -0.2) is 11.0 Å². The Morgan fingerprint density at radius 3 is 2.13 bits per heavy atom. The molecule has 1 heterocycles. The third kappa shape index (κ3) is 3.59. The van der Waals surface area contributed by atoms with Crippen molar-refractivity contribution in [2.75, 3.05) is 0 Å². The van der Waals surface area contributed by atoms with Crippen LogP contribution in [0.15, 0.2) is 64.5 Å². The maximum absolute atomic E-state index is 11.5. The summed E-state index contributed by atoms with van der Waals surface area (Å²) in [6, 6.07) is 17.6. The van der Waals surface area contributed by atoms with Gasteiger partial charge in [0.15, 0.2) is 5.11 Å². The van der Waals surface area contributed by atoms with Crippen molar-refractivity contribution in [1.29, 1.82) is 5.26 Å². The van der Waals surface area contributed by atoms with Gasteiger partial charge in [0.05, 0.1) is 11.6 Å². The first-order valence-corrected chi connectivity index (χ1v) is 8.04. The third-order valence-electron chi connectivity index (χ3n) is 3.23. The second kappa shape index (κ2) is 6.65. The van der Waals surface area contributed by atoms with Crippen LogP contribution in [0.5, 0.6) is 0 Å². The average molecular weight is 337 g/mol.